The van der Waals surface area contributed by atoms with E-state index in [1.54, 1.807) is 0 Å². The van der Waals surface area contributed by atoms with Gasteiger partial charge in [-0.1, -0.05) is 82.9 Å². The second-order valence-electron chi connectivity index (χ2n) is 10.3. The average molecular weight is 483 g/mol. The predicted octanol–water partition coefficient (Wildman–Crippen LogP) is 8.15. The van der Waals surface area contributed by atoms with Crippen molar-refractivity contribution in [1.29, 1.82) is 0 Å². The summed E-state index contributed by atoms with van der Waals surface area (Å²) in [5.41, 5.74) is 11.6. The molecule has 0 bridgehead atoms. The van der Waals surface area contributed by atoms with Crippen LogP contribution in [0.4, 0.5) is 0 Å². The lowest BCUT2D eigenvalue weighted by molar-refractivity contribution is 0.948. The summed E-state index contributed by atoms with van der Waals surface area (Å²) in [6, 6.07) is 25.8. The molecule has 0 spiro atoms. The number of nitrogens with zero attached hydrogens (tertiary/aromatic N) is 4. The molecule has 4 aromatic carbocycles. The number of fused-ring (bicyclic) bond motifs is 3. The molecule has 0 radical (unpaired) electrons. The first kappa shape index (κ1) is 23.1. The standard InChI is InChI=1S/C33H30N4/c1-19-7-11-25(12-8-19)31-34-32(26-13-9-20(2)10-14-26)36-33(35-31)37-29-23(5)15-21(3)17-27(29)28-18-22(4)16-24(6)30(28)37/h7-18H,1-6H3. The first-order valence-corrected chi connectivity index (χ1v) is 12.7. The van der Waals surface area contributed by atoms with Crippen LogP contribution in [0.2, 0.25) is 0 Å². The highest BCUT2D eigenvalue weighted by Gasteiger charge is 2.20. The predicted molar refractivity (Wildman–Crippen MR) is 153 cm³/mol. The van der Waals surface area contributed by atoms with Crippen molar-refractivity contribution in [1.82, 2.24) is 19.5 Å². The van der Waals surface area contributed by atoms with Gasteiger partial charge in [-0.25, -0.2) is 4.98 Å². The van der Waals surface area contributed by atoms with Crippen molar-refractivity contribution in [2.45, 2.75) is 41.5 Å². The largest absolute Gasteiger partial charge is 0.277 e. The molecule has 0 saturated carbocycles. The fourth-order valence-electron chi connectivity index (χ4n) is 5.36. The van der Waals surface area contributed by atoms with Crippen LogP contribution in [0.5, 0.6) is 0 Å². The molecule has 4 heteroatoms. The van der Waals surface area contributed by atoms with Crippen molar-refractivity contribution in [2.75, 3.05) is 0 Å². The zero-order chi connectivity index (χ0) is 25.8. The highest BCUT2D eigenvalue weighted by atomic mass is 15.2. The number of hydrogen-bond donors (Lipinski definition) is 0. The van der Waals surface area contributed by atoms with Gasteiger partial charge in [0.05, 0.1) is 11.0 Å². The maximum absolute atomic E-state index is 5.09. The van der Waals surface area contributed by atoms with Gasteiger partial charge in [0.1, 0.15) is 0 Å². The first-order chi connectivity index (χ1) is 17.8. The summed E-state index contributed by atoms with van der Waals surface area (Å²) in [5, 5.41) is 2.46. The quantitative estimate of drug-likeness (QED) is 0.256. The van der Waals surface area contributed by atoms with Gasteiger partial charge < -0.3 is 0 Å². The Hall–Kier alpha value is -4.31. The number of rotatable bonds is 3. The summed E-state index contributed by atoms with van der Waals surface area (Å²) in [6.07, 6.45) is 0. The van der Waals surface area contributed by atoms with Crippen LogP contribution in [-0.2, 0) is 0 Å². The van der Waals surface area contributed by atoms with Crippen molar-refractivity contribution in [3.8, 4) is 28.7 Å². The van der Waals surface area contributed by atoms with E-state index in [0.717, 1.165) is 22.2 Å². The van der Waals surface area contributed by atoms with Crippen molar-refractivity contribution < 1.29 is 0 Å². The SMILES string of the molecule is Cc1ccc(-c2nc(-c3ccc(C)cc3)nc(-n3c4c(C)cc(C)cc4c4cc(C)cc(C)c43)n2)cc1. The Morgan fingerprint density at radius 1 is 0.459 bits per heavy atom. The van der Waals surface area contributed by atoms with Crippen LogP contribution < -0.4 is 0 Å². The summed E-state index contributed by atoms with van der Waals surface area (Å²) in [4.78, 5) is 15.1. The van der Waals surface area contributed by atoms with Gasteiger partial charge in [0.2, 0.25) is 5.95 Å². The Labute approximate surface area is 217 Å². The van der Waals surface area contributed by atoms with Crippen molar-refractivity contribution in [3.63, 3.8) is 0 Å². The molecular formula is C33H30N4. The van der Waals surface area contributed by atoms with E-state index in [-0.39, 0.29) is 0 Å². The molecule has 0 amide bonds. The van der Waals surface area contributed by atoms with Crippen molar-refractivity contribution in [2.24, 2.45) is 0 Å². The molecule has 37 heavy (non-hydrogen) atoms. The summed E-state index contributed by atoms with van der Waals surface area (Å²) in [6.45, 7) is 12.9. The van der Waals surface area contributed by atoms with Gasteiger partial charge in [0.15, 0.2) is 11.6 Å². The molecule has 0 atom stereocenters. The fraction of sp³-hybridized carbons (Fsp3) is 0.182. The van der Waals surface area contributed by atoms with Gasteiger partial charge in [-0.2, -0.15) is 9.97 Å². The third kappa shape index (κ3) is 3.99. The van der Waals surface area contributed by atoms with E-state index < -0.39 is 0 Å². The number of aryl methyl sites for hydroxylation is 6. The van der Waals surface area contributed by atoms with Crippen LogP contribution in [0.3, 0.4) is 0 Å². The molecule has 6 rings (SSSR count). The molecule has 0 saturated heterocycles. The molecule has 4 nitrogen and oxygen atoms in total. The Kier molecular flexibility index (Phi) is 5.41. The van der Waals surface area contributed by atoms with Crippen LogP contribution in [0.15, 0.2) is 72.8 Å². The monoisotopic (exact) mass is 482 g/mol. The molecule has 6 aromatic rings. The molecule has 182 valence electrons. The van der Waals surface area contributed by atoms with Gasteiger partial charge in [0.25, 0.3) is 0 Å². The van der Waals surface area contributed by atoms with Crippen molar-refractivity contribution in [3.05, 3.63) is 106 Å². The maximum atomic E-state index is 5.09. The topological polar surface area (TPSA) is 43.6 Å². The average Bonchev–Trinajstić information content (AvgIpc) is 3.19. The number of hydrogen-bond acceptors (Lipinski definition) is 3. The van der Waals surface area contributed by atoms with Crippen LogP contribution in [0, 0.1) is 41.5 Å². The van der Waals surface area contributed by atoms with Crippen LogP contribution in [-0.4, -0.2) is 19.5 Å². The Morgan fingerprint density at radius 3 is 1.27 bits per heavy atom. The summed E-state index contributed by atoms with van der Waals surface area (Å²) in [5.74, 6) is 1.98. The normalized spacial score (nSPS) is 11.5. The van der Waals surface area contributed by atoms with E-state index in [9.17, 15) is 0 Å². The van der Waals surface area contributed by atoms with E-state index in [1.165, 1.54) is 44.2 Å². The van der Waals surface area contributed by atoms with Gasteiger partial charge in [0, 0.05) is 21.9 Å². The van der Waals surface area contributed by atoms with E-state index in [4.69, 9.17) is 15.0 Å². The smallest absolute Gasteiger partial charge is 0.238 e. The second kappa shape index (κ2) is 8.67. The Morgan fingerprint density at radius 2 is 0.865 bits per heavy atom. The lowest BCUT2D eigenvalue weighted by atomic mass is 10.0. The number of aromatic nitrogens is 4. The van der Waals surface area contributed by atoms with Gasteiger partial charge in [-0.15, -0.1) is 0 Å². The van der Waals surface area contributed by atoms with Crippen molar-refractivity contribution >= 4 is 21.8 Å². The molecule has 0 N–H and O–H groups in total. The summed E-state index contributed by atoms with van der Waals surface area (Å²) in [7, 11) is 0. The molecule has 0 unspecified atom stereocenters. The summed E-state index contributed by atoms with van der Waals surface area (Å²) >= 11 is 0. The minimum Gasteiger partial charge on any atom is -0.277 e. The molecule has 0 aliphatic rings. The van der Waals surface area contributed by atoms with Crippen LogP contribution in [0.25, 0.3) is 50.5 Å². The molecule has 2 heterocycles. The fourth-order valence-corrected chi connectivity index (χ4v) is 5.36. The Bertz CT molecular complexity index is 1680. The number of benzene rings is 4. The highest BCUT2D eigenvalue weighted by Crippen LogP contribution is 2.37. The summed E-state index contributed by atoms with van der Waals surface area (Å²) < 4.78 is 2.24. The van der Waals surface area contributed by atoms with E-state index in [2.05, 4.69) is 119 Å². The maximum Gasteiger partial charge on any atom is 0.238 e. The first-order valence-electron chi connectivity index (χ1n) is 12.7. The minimum absolute atomic E-state index is 0.639. The third-order valence-corrected chi connectivity index (χ3v) is 7.07. The van der Waals surface area contributed by atoms with E-state index >= 15 is 0 Å². The van der Waals surface area contributed by atoms with E-state index in [0.29, 0.717) is 17.6 Å². The van der Waals surface area contributed by atoms with Gasteiger partial charge in [-0.3, -0.25) is 4.57 Å². The lowest BCUT2D eigenvalue weighted by Crippen LogP contribution is -2.07. The zero-order valence-electron chi connectivity index (χ0n) is 22.2. The molecular weight excluding hydrogens is 452 g/mol. The van der Waals surface area contributed by atoms with Gasteiger partial charge >= 0.3 is 0 Å². The second-order valence-corrected chi connectivity index (χ2v) is 10.3. The van der Waals surface area contributed by atoms with Crippen LogP contribution >= 0.6 is 0 Å². The van der Waals surface area contributed by atoms with E-state index in [1.807, 2.05) is 0 Å². The third-order valence-electron chi connectivity index (χ3n) is 7.07. The highest BCUT2D eigenvalue weighted by molar-refractivity contribution is 6.11. The van der Waals surface area contributed by atoms with Crippen LogP contribution in [0.1, 0.15) is 33.4 Å². The van der Waals surface area contributed by atoms with Gasteiger partial charge in [-0.05, 0) is 64.8 Å². The molecule has 0 aliphatic carbocycles. The Balaban J connectivity index is 1.73. The lowest BCUT2D eigenvalue weighted by Gasteiger charge is -2.13. The zero-order valence-corrected chi connectivity index (χ0v) is 22.2. The molecule has 2 aromatic heterocycles. The minimum atomic E-state index is 0.639. The molecule has 0 aliphatic heterocycles. The molecule has 0 fully saturated rings.